The van der Waals surface area contributed by atoms with Crippen LogP contribution in [0.3, 0.4) is 0 Å². The summed E-state index contributed by atoms with van der Waals surface area (Å²) in [6.45, 7) is 3.67. The highest BCUT2D eigenvalue weighted by Gasteiger charge is 2.13. The molecule has 5 nitrogen and oxygen atoms in total. The Morgan fingerprint density at radius 3 is 2.86 bits per heavy atom. The number of rotatable bonds is 2. The first-order valence-electron chi connectivity index (χ1n) is 7.97. The fourth-order valence-electron chi connectivity index (χ4n) is 2.67. The van der Waals surface area contributed by atoms with Crippen molar-refractivity contribution in [3.63, 3.8) is 0 Å². The maximum atomic E-state index is 8.21. The number of anilines is 1. The van der Waals surface area contributed by atoms with Gasteiger partial charge < -0.3 is 10.2 Å². The molecule has 3 aromatic rings. The van der Waals surface area contributed by atoms with Crippen molar-refractivity contribution in [2.45, 2.75) is 0 Å². The lowest BCUT2D eigenvalue weighted by Gasteiger charge is -2.27. The molecule has 1 aliphatic rings. The van der Waals surface area contributed by atoms with Crippen molar-refractivity contribution in [3.05, 3.63) is 48.8 Å². The van der Waals surface area contributed by atoms with Crippen LogP contribution < -0.4 is 10.2 Å². The van der Waals surface area contributed by atoms with E-state index in [0.717, 1.165) is 54.3 Å². The molecule has 1 fully saturated rings. The Morgan fingerprint density at radius 1 is 1.09 bits per heavy atom. The number of para-hydroxylation sites is 1. The molecule has 1 aromatic carbocycles. The fourth-order valence-corrected chi connectivity index (χ4v) is 2.67. The van der Waals surface area contributed by atoms with Crippen LogP contribution in [-0.4, -0.2) is 41.1 Å². The molecule has 0 amide bonds. The van der Waals surface area contributed by atoms with Gasteiger partial charge in [-0.25, -0.2) is 9.97 Å². The van der Waals surface area contributed by atoms with Crippen LogP contribution in [0, 0.1) is 0 Å². The minimum Gasteiger partial charge on any atom is -0.338 e. The first-order chi connectivity index (χ1) is 11.3. The van der Waals surface area contributed by atoms with Gasteiger partial charge in [0.2, 0.25) is 5.95 Å². The predicted molar refractivity (Wildman–Crippen MR) is 87.9 cm³/mol. The predicted octanol–water partition coefficient (Wildman–Crippen LogP) is 2.10. The van der Waals surface area contributed by atoms with Crippen molar-refractivity contribution in [3.8, 4) is 11.3 Å². The second-order valence-electron chi connectivity index (χ2n) is 5.32. The van der Waals surface area contributed by atoms with Gasteiger partial charge in [0.25, 0.3) is 0 Å². The van der Waals surface area contributed by atoms with Gasteiger partial charge in [0.15, 0.2) is 0 Å². The monoisotopic (exact) mass is 292 g/mol. The fraction of sp³-hybridized carbons (Fsp3) is 0.235. The van der Waals surface area contributed by atoms with Gasteiger partial charge in [-0.05, 0) is 18.2 Å². The summed E-state index contributed by atoms with van der Waals surface area (Å²) in [6, 6.07) is 11.7. The highest BCUT2D eigenvalue weighted by molar-refractivity contribution is 5.82. The van der Waals surface area contributed by atoms with E-state index in [0.29, 0.717) is 0 Å². The number of hydrogen-bond donors (Lipinski definition) is 1. The molecule has 0 radical (unpaired) electrons. The van der Waals surface area contributed by atoms with Crippen molar-refractivity contribution in [2.75, 3.05) is 31.1 Å². The van der Waals surface area contributed by atoms with Crippen LogP contribution in [0.2, 0.25) is 0 Å². The molecular formula is C17H17N5. The summed E-state index contributed by atoms with van der Waals surface area (Å²) in [4.78, 5) is 15.6. The molecule has 0 atom stereocenters. The molecule has 110 valence electrons. The van der Waals surface area contributed by atoms with Gasteiger partial charge in [-0.1, -0.05) is 18.2 Å². The van der Waals surface area contributed by atoms with E-state index in [1.54, 1.807) is 6.20 Å². The molecule has 22 heavy (non-hydrogen) atoms. The summed E-state index contributed by atoms with van der Waals surface area (Å²) in [5.74, 6) is 0.719. The number of pyridine rings is 1. The molecule has 0 unspecified atom stereocenters. The Hall–Kier alpha value is -2.53. The van der Waals surface area contributed by atoms with Gasteiger partial charge >= 0.3 is 0 Å². The van der Waals surface area contributed by atoms with Crippen molar-refractivity contribution in [2.24, 2.45) is 0 Å². The lowest BCUT2D eigenvalue weighted by atomic mass is 10.1. The number of nitrogens with zero attached hydrogens (tertiary/aromatic N) is 4. The number of fused-ring (bicyclic) bond motifs is 1. The first kappa shape index (κ1) is 12.1. The van der Waals surface area contributed by atoms with Gasteiger partial charge in [-0.3, -0.25) is 4.98 Å². The van der Waals surface area contributed by atoms with Crippen LogP contribution in [0.5, 0.6) is 0 Å². The SMILES string of the molecule is [2H]c1nc2ccccc2cc1-c1ccnc(N2CCNCC2)n1. The van der Waals surface area contributed by atoms with Crippen LogP contribution in [0.4, 0.5) is 5.95 Å². The molecule has 0 aliphatic carbocycles. The van der Waals surface area contributed by atoms with E-state index in [1.807, 2.05) is 36.4 Å². The van der Waals surface area contributed by atoms with Crippen molar-refractivity contribution in [1.29, 1.82) is 0 Å². The Bertz CT molecular complexity index is 845. The third-order valence-electron chi connectivity index (χ3n) is 3.85. The highest BCUT2D eigenvalue weighted by Crippen LogP contribution is 2.22. The van der Waals surface area contributed by atoms with E-state index in [-0.39, 0.29) is 6.17 Å². The van der Waals surface area contributed by atoms with Gasteiger partial charge in [0.1, 0.15) is 0 Å². The first-order valence-corrected chi connectivity index (χ1v) is 7.47. The average molecular weight is 292 g/mol. The molecular weight excluding hydrogens is 274 g/mol. The standard InChI is InChI=1S/C17H17N5/c1-2-4-15-13(3-1)11-14(12-20-15)16-5-6-19-17(21-16)22-9-7-18-8-10-22/h1-6,11-12,18H,7-10H2/i12D. The summed E-state index contributed by atoms with van der Waals surface area (Å²) < 4.78 is 8.21. The zero-order valence-electron chi connectivity index (χ0n) is 13.2. The molecule has 1 saturated heterocycles. The molecule has 0 bridgehead atoms. The van der Waals surface area contributed by atoms with Crippen LogP contribution in [-0.2, 0) is 0 Å². The quantitative estimate of drug-likeness (QED) is 0.784. The maximum absolute atomic E-state index is 8.21. The van der Waals surface area contributed by atoms with Crippen molar-refractivity contribution in [1.82, 2.24) is 20.3 Å². The average Bonchev–Trinajstić information content (AvgIpc) is 2.62. The van der Waals surface area contributed by atoms with E-state index in [9.17, 15) is 0 Å². The van der Waals surface area contributed by atoms with Crippen molar-refractivity contribution >= 4 is 16.9 Å². The minimum absolute atomic E-state index is 0.244. The smallest absolute Gasteiger partial charge is 0.225 e. The van der Waals surface area contributed by atoms with Gasteiger partial charge in [0.05, 0.1) is 12.6 Å². The van der Waals surface area contributed by atoms with E-state index in [4.69, 9.17) is 1.37 Å². The number of aromatic nitrogens is 3. The third kappa shape index (κ3) is 2.51. The summed E-state index contributed by atoms with van der Waals surface area (Å²) in [7, 11) is 0. The second-order valence-corrected chi connectivity index (χ2v) is 5.32. The molecule has 1 aliphatic heterocycles. The van der Waals surface area contributed by atoms with Crippen LogP contribution in [0.15, 0.2) is 48.8 Å². The number of hydrogen-bond acceptors (Lipinski definition) is 5. The minimum atomic E-state index is 0.244. The molecule has 1 N–H and O–H groups in total. The lowest BCUT2D eigenvalue weighted by molar-refractivity contribution is 0.580. The Morgan fingerprint density at radius 2 is 1.95 bits per heavy atom. The molecule has 2 aromatic heterocycles. The van der Waals surface area contributed by atoms with Crippen LogP contribution >= 0.6 is 0 Å². The molecule has 3 heterocycles. The van der Waals surface area contributed by atoms with E-state index < -0.39 is 0 Å². The van der Waals surface area contributed by atoms with Gasteiger partial charge in [-0.15, -0.1) is 0 Å². The van der Waals surface area contributed by atoms with E-state index in [1.165, 1.54) is 0 Å². The number of nitrogens with one attached hydrogen (secondary N) is 1. The van der Waals surface area contributed by atoms with E-state index >= 15 is 0 Å². The number of benzene rings is 1. The van der Waals surface area contributed by atoms with Crippen LogP contribution in [0.1, 0.15) is 1.37 Å². The summed E-state index contributed by atoms with van der Waals surface area (Å²) in [6.07, 6.45) is 2.00. The van der Waals surface area contributed by atoms with Crippen molar-refractivity contribution < 1.29 is 1.37 Å². The summed E-state index contributed by atoms with van der Waals surface area (Å²) in [5.41, 5.74) is 2.32. The molecule has 0 saturated carbocycles. The molecule has 5 heteroatoms. The van der Waals surface area contributed by atoms with Gasteiger partial charge in [-0.2, -0.15) is 0 Å². The topological polar surface area (TPSA) is 53.9 Å². The largest absolute Gasteiger partial charge is 0.338 e. The Balaban J connectivity index is 1.76. The Kier molecular flexibility index (Phi) is 3.12. The molecule has 4 rings (SSSR count). The lowest BCUT2D eigenvalue weighted by Crippen LogP contribution is -2.44. The normalized spacial score (nSPS) is 15.8. The zero-order valence-corrected chi connectivity index (χ0v) is 12.2. The third-order valence-corrected chi connectivity index (χ3v) is 3.85. The maximum Gasteiger partial charge on any atom is 0.225 e. The molecule has 0 spiro atoms. The number of piperazine rings is 1. The van der Waals surface area contributed by atoms with E-state index in [2.05, 4.69) is 25.2 Å². The second kappa shape index (κ2) is 5.69. The van der Waals surface area contributed by atoms with Gasteiger partial charge in [0, 0.05) is 49.5 Å². The summed E-state index contributed by atoms with van der Waals surface area (Å²) >= 11 is 0. The van der Waals surface area contributed by atoms with Crippen LogP contribution in [0.25, 0.3) is 22.2 Å². The highest BCUT2D eigenvalue weighted by atomic mass is 15.3. The zero-order chi connectivity index (χ0) is 15.6. The summed E-state index contributed by atoms with van der Waals surface area (Å²) in [5, 5.41) is 4.34. The Labute approximate surface area is 130 Å².